The second-order valence-electron chi connectivity index (χ2n) is 12.9. The second kappa shape index (κ2) is 9.79. The Morgan fingerprint density at radius 1 is 0.929 bits per heavy atom. The lowest BCUT2D eigenvalue weighted by Crippen LogP contribution is -2.51. The molecule has 218 valence electrons. The molecule has 1 aliphatic carbocycles. The summed E-state index contributed by atoms with van der Waals surface area (Å²) in [6.45, 7) is 4.00. The topological polar surface area (TPSA) is 54.4 Å². The highest BCUT2D eigenvalue weighted by Gasteiger charge is 2.48. The van der Waals surface area contributed by atoms with Crippen molar-refractivity contribution in [2.24, 2.45) is 5.41 Å². The van der Waals surface area contributed by atoms with Crippen molar-refractivity contribution >= 4 is 27.5 Å². The van der Waals surface area contributed by atoms with E-state index in [1.807, 2.05) is 0 Å². The number of nitrogens with zero attached hydrogens (tertiary/aromatic N) is 5. The van der Waals surface area contributed by atoms with Gasteiger partial charge in [-0.05, 0) is 81.3 Å². The number of hydrogen-bond acceptors (Lipinski definition) is 6. The van der Waals surface area contributed by atoms with Crippen LogP contribution in [0, 0.1) is 17.0 Å². The van der Waals surface area contributed by atoms with Gasteiger partial charge in [0.2, 0.25) is 0 Å². The average molecular weight is 574 g/mol. The smallest absolute Gasteiger partial charge is 0.319 e. The Morgan fingerprint density at radius 3 is 2.48 bits per heavy atom. The van der Waals surface area contributed by atoms with Crippen LogP contribution >= 0.6 is 0 Å². The van der Waals surface area contributed by atoms with Crippen molar-refractivity contribution in [2.45, 2.75) is 63.1 Å². The molecule has 4 aliphatic rings. The normalized spacial score (nSPS) is 25.3. The van der Waals surface area contributed by atoms with Crippen LogP contribution in [-0.2, 0) is 0 Å². The van der Waals surface area contributed by atoms with E-state index in [1.54, 1.807) is 36.5 Å². The van der Waals surface area contributed by atoms with Crippen LogP contribution < -0.4 is 9.64 Å². The number of aromatic nitrogens is 3. The van der Waals surface area contributed by atoms with E-state index in [0.717, 1.165) is 58.2 Å². The van der Waals surface area contributed by atoms with Crippen LogP contribution in [-0.4, -0.2) is 64.3 Å². The lowest BCUT2D eigenvalue weighted by Gasteiger charge is -2.50. The van der Waals surface area contributed by atoms with E-state index in [2.05, 4.69) is 19.8 Å². The lowest BCUT2D eigenvalue weighted by molar-refractivity contribution is 0.0132. The summed E-state index contributed by atoms with van der Waals surface area (Å²) >= 11 is 0. The zero-order chi connectivity index (χ0) is 28.5. The Labute approximate surface area is 242 Å². The minimum absolute atomic E-state index is 0.0157. The Morgan fingerprint density at radius 2 is 1.69 bits per heavy atom. The molecule has 2 aromatic heterocycles. The standard InChI is InChI=1S/C33H34F3N5O/c34-22-16-32(17-22)10-3-13-40(19-32)30-24-18-37-28(23-8-1-6-21-7-2-9-25(35)26(21)23)27(36)29(24)38-31(39-30)42-20-33-11-4-14-41(33)15-5-12-33/h1-2,6-9,18,22H,3-5,10-17,19-20H2. The van der Waals surface area contributed by atoms with Crippen LogP contribution in [0.15, 0.2) is 42.6 Å². The van der Waals surface area contributed by atoms with Crippen LogP contribution in [0.4, 0.5) is 19.0 Å². The van der Waals surface area contributed by atoms with E-state index in [4.69, 9.17) is 9.72 Å². The Balaban J connectivity index is 1.24. The Hall–Kier alpha value is -3.46. The number of benzene rings is 2. The molecule has 3 aliphatic heterocycles. The minimum atomic E-state index is -0.756. The SMILES string of the molecule is Fc1c(-c2cccc3cccc(F)c23)ncc2c(N3CCCC4(CC(F)C4)C3)nc(OCC34CCCN3CCC4)nc12. The molecule has 4 aromatic rings. The van der Waals surface area contributed by atoms with Gasteiger partial charge in [-0.15, -0.1) is 0 Å². The zero-order valence-corrected chi connectivity index (χ0v) is 23.6. The molecule has 1 saturated carbocycles. The summed E-state index contributed by atoms with van der Waals surface area (Å²) < 4.78 is 51.9. The fourth-order valence-electron chi connectivity index (χ4n) is 8.27. The van der Waals surface area contributed by atoms with Crippen molar-refractivity contribution in [2.75, 3.05) is 37.7 Å². The summed E-state index contributed by atoms with van der Waals surface area (Å²) in [6.07, 6.45) is 8.27. The van der Waals surface area contributed by atoms with Gasteiger partial charge < -0.3 is 9.64 Å². The van der Waals surface area contributed by atoms with Gasteiger partial charge in [-0.1, -0.05) is 30.3 Å². The Bertz CT molecular complexity index is 1670. The van der Waals surface area contributed by atoms with Gasteiger partial charge in [0.25, 0.3) is 0 Å². The number of ether oxygens (including phenoxy) is 1. The molecule has 3 saturated heterocycles. The van der Waals surface area contributed by atoms with Gasteiger partial charge in [-0.25, -0.2) is 13.2 Å². The van der Waals surface area contributed by atoms with Crippen molar-refractivity contribution in [3.05, 3.63) is 54.2 Å². The molecule has 9 heteroatoms. The molecule has 6 nitrogen and oxygen atoms in total. The molecular weight excluding hydrogens is 539 g/mol. The molecule has 0 bridgehead atoms. The molecule has 8 rings (SSSR count). The van der Waals surface area contributed by atoms with Crippen molar-refractivity contribution in [3.8, 4) is 17.3 Å². The number of hydrogen-bond donors (Lipinski definition) is 0. The van der Waals surface area contributed by atoms with Crippen molar-refractivity contribution in [1.82, 2.24) is 19.9 Å². The molecule has 42 heavy (non-hydrogen) atoms. The molecule has 0 atom stereocenters. The number of alkyl halides is 1. The maximum absolute atomic E-state index is 16.6. The Kier molecular flexibility index (Phi) is 6.11. The lowest BCUT2D eigenvalue weighted by atomic mass is 9.63. The molecular formula is C33H34F3N5O. The van der Waals surface area contributed by atoms with Crippen LogP contribution in [0.1, 0.15) is 51.4 Å². The molecule has 0 amide bonds. The van der Waals surface area contributed by atoms with E-state index < -0.39 is 17.8 Å². The number of piperidine rings is 1. The minimum Gasteiger partial charge on any atom is -0.461 e. The third kappa shape index (κ3) is 4.14. The third-order valence-corrected chi connectivity index (χ3v) is 10.3. The number of pyridine rings is 1. The number of fused-ring (bicyclic) bond motifs is 3. The quantitative estimate of drug-likeness (QED) is 0.260. The third-order valence-electron chi connectivity index (χ3n) is 10.3. The van der Waals surface area contributed by atoms with Crippen LogP contribution in [0.2, 0.25) is 0 Å². The first-order valence-electron chi connectivity index (χ1n) is 15.2. The first kappa shape index (κ1) is 26.2. The first-order chi connectivity index (χ1) is 20.4. The maximum atomic E-state index is 16.6. The van der Waals surface area contributed by atoms with Crippen molar-refractivity contribution < 1.29 is 17.9 Å². The molecule has 0 radical (unpaired) electrons. The van der Waals surface area contributed by atoms with Gasteiger partial charge >= 0.3 is 6.01 Å². The summed E-state index contributed by atoms with van der Waals surface area (Å²) in [5, 5.41) is 1.48. The van der Waals surface area contributed by atoms with Gasteiger partial charge in [0.15, 0.2) is 5.82 Å². The summed E-state index contributed by atoms with van der Waals surface area (Å²) in [4.78, 5) is 18.7. The molecule has 1 spiro atoms. The fraction of sp³-hybridized carbons (Fsp3) is 0.485. The second-order valence-corrected chi connectivity index (χ2v) is 12.9. The van der Waals surface area contributed by atoms with Gasteiger partial charge in [0.1, 0.15) is 35.6 Å². The van der Waals surface area contributed by atoms with Crippen LogP contribution in [0.25, 0.3) is 32.9 Å². The van der Waals surface area contributed by atoms with Crippen LogP contribution in [0.3, 0.4) is 0 Å². The summed E-state index contributed by atoms with van der Waals surface area (Å²) in [5.74, 6) is -0.484. The summed E-state index contributed by atoms with van der Waals surface area (Å²) in [5.41, 5.74) is 0.435. The molecule has 0 unspecified atom stereocenters. The summed E-state index contributed by atoms with van der Waals surface area (Å²) in [7, 11) is 0. The van der Waals surface area contributed by atoms with Gasteiger partial charge in [-0.3, -0.25) is 9.88 Å². The highest BCUT2D eigenvalue weighted by molar-refractivity contribution is 5.99. The molecule has 4 fully saturated rings. The van der Waals surface area contributed by atoms with Crippen molar-refractivity contribution in [3.63, 3.8) is 0 Å². The first-order valence-corrected chi connectivity index (χ1v) is 15.2. The van der Waals surface area contributed by atoms with Crippen molar-refractivity contribution in [1.29, 1.82) is 0 Å². The van der Waals surface area contributed by atoms with E-state index in [-0.39, 0.29) is 28.2 Å². The highest BCUT2D eigenvalue weighted by Crippen LogP contribution is 2.50. The van der Waals surface area contributed by atoms with E-state index in [9.17, 15) is 4.39 Å². The maximum Gasteiger partial charge on any atom is 0.319 e. The largest absolute Gasteiger partial charge is 0.461 e. The molecule has 0 N–H and O–H groups in total. The predicted octanol–water partition coefficient (Wildman–Crippen LogP) is 6.85. The van der Waals surface area contributed by atoms with Gasteiger partial charge in [0, 0.05) is 30.2 Å². The van der Waals surface area contributed by atoms with E-state index >= 15 is 8.78 Å². The molecule has 5 heterocycles. The van der Waals surface area contributed by atoms with E-state index in [1.165, 1.54) is 6.07 Å². The highest BCUT2D eigenvalue weighted by atomic mass is 19.1. The van der Waals surface area contributed by atoms with Gasteiger partial charge in [-0.2, -0.15) is 9.97 Å². The predicted molar refractivity (Wildman–Crippen MR) is 156 cm³/mol. The average Bonchev–Trinajstić information content (AvgIpc) is 3.56. The molecule has 2 aromatic carbocycles. The fourth-order valence-corrected chi connectivity index (χ4v) is 8.27. The van der Waals surface area contributed by atoms with E-state index in [0.29, 0.717) is 53.5 Å². The van der Waals surface area contributed by atoms with Crippen LogP contribution in [0.5, 0.6) is 6.01 Å². The van der Waals surface area contributed by atoms with Gasteiger partial charge in [0.05, 0.1) is 10.9 Å². The number of rotatable bonds is 5. The number of anilines is 1. The number of halogens is 3. The summed E-state index contributed by atoms with van der Waals surface area (Å²) in [6, 6.07) is 10.2. The monoisotopic (exact) mass is 573 g/mol. The zero-order valence-electron chi connectivity index (χ0n) is 23.6.